The van der Waals surface area contributed by atoms with Crippen LogP contribution in [0.3, 0.4) is 0 Å². The molecular weight excluding hydrogens is 230 g/mol. The molecule has 0 atom stereocenters. The van der Waals surface area contributed by atoms with Crippen molar-refractivity contribution in [2.24, 2.45) is 0 Å². The average molecular weight is 245 g/mol. The van der Waals surface area contributed by atoms with Gasteiger partial charge in [0.2, 0.25) is 0 Å². The fourth-order valence-electron chi connectivity index (χ4n) is 1.74. The van der Waals surface area contributed by atoms with E-state index in [1.54, 1.807) is 13.0 Å². The van der Waals surface area contributed by atoms with Crippen molar-refractivity contribution in [1.82, 2.24) is 15.1 Å². The molecule has 0 aliphatic rings. The highest BCUT2D eigenvalue weighted by Gasteiger charge is 2.07. The first-order chi connectivity index (χ1) is 8.60. The molecule has 0 aliphatic carbocycles. The van der Waals surface area contributed by atoms with Gasteiger partial charge in [-0.25, -0.2) is 4.98 Å². The van der Waals surface area contributed by atoms with Crippen LogP contribution in [0.4, 0.5) is 0 Å². The van der Waals surface area contributed by atoms with E-state index in [2.05, 4.69) is 15.1 Å². The monoisotopic (exact) mass is 245 g/mol. The molecule has 0 saturated heterocycles. The molecule has 2 aromatic heterocycles. The number of rotatable bonds is 3. The fourth-order valence-corrected chi connectivity index (χ4v) is 1.74. The summed E-state index contributed by atoms with van der Waals surface area (Å²) >= 11 is 0. The lowest BCUT2D eigenvalue weighted by molar-refractivity contribution is 0.383. The van der Waals surface area contributed by atoms with Crippen molar-refractivity contribution in [1.29, 1.82) is 0 Å². The Hall–Kier alpha value is -2.17. The largest absolute Gasteiger partial charge is 0.361 e. The lowest BCUT2D eigenvalue weighted by atomic mass is 10.1. The van der Waals surface area contributed by atoms with Crippen LogP contribution in [0.15, 0.2) is 15.4 Å². The first-order valence-corrected chi connectivity index (χ1v) is 5.81. The molecule has 0 radical (unpaired) electrons. The predicted octanol–water partition coefficient (Wildman–Crippen LogP) is 2.11. The van der Waals surface area contributed by atoms with Crippen molar-refractivity contribution < 1.29 is 4.52 Å². The topological polar surface area (TPSA) is 71.8 Å². The van der Waals surface area contributed by atoms with Crippen LogP contribution in [0.25, 0.3) is 12.2 Å². The minimum absolute atomic E-state index is 0.153. The molecule has 0 unspecified atom stereocenters. The van der Waals surface area contributed by atoms with Gasteiger partial charge in [0, 0.05) is 23.7 Å². The van der Waals surface area contributed by atoms with Crippen LogP contribution in [0.2, 0.25) is 0 Å². The highest BCUT2D eigenvalue weighted by Crippen LogP contribution is 2.16. The van der Waals surface area contributed by atoms with E-state index in [0.29, 0.717) is 11.5 Å². The summed E-state index contributed by atoms with van der Waals surface area (Å²) in [4.78, 5) is 18.2. The summed E-state index contributed by atoms with van der Waals surface area (Å²) < 4.78 is 5.19. The van der Waals surface area contributed by atoms with Crippen molar-refractivity contribution in [2.75, 3.05) is 0 Å². The maximum Gasteiger partial charge on any atom is 0.251 e. The molecule has 18 heavy (non-hydrogen) atoms. The van der Waals surface area contributed by atoms with Crippen LogP contribution in [-0.4, -0.2) is 15.1 Å². The number of H-pyrrole nitrogens is 1. The van der Waals surface area contributed by atoms with Gasteiger partial charge in [-0.3, -0.25) is 4.79 Å². The molecule has 94 valence electrons. The van der Waals surface area contributed by atoms with Gasteiger partial charge in [-0.05, 0) is 26.0 Å². The predicted molar refractivity (Wildman–Crippen MR) is 69.1 cm³/mol. The third-order valence-corrected chi connectivity index (χ3v) is 2.60. The van der Waals surface area contributed by atoms with Gasteiger partial charge in [0.25, 0.3) is 5.56 Å². The van der Waals surface area contributed by atoms with Crippen LogP contribution >= 0.6 is 0 Å². The van der Waals surface area contributed by atoms with Crippen LogP contribution in [0.5, 0.6) is 0 Å². The van der Waals surface area contributed by atoms with Gasteiger partial charge in [0.1, 0.15) is 11.6 Å². The SMILES string of the molecule is CCc1onc(C)c1/C=C/c1nc(C)cc(=O)[nH]1. The normalized spacial score (nSPS) is 11.3. The zero-order valence-electron chi connectivity index (χ0n) is 10.7. The number of aromatic nitrogens is 3. The van der Waals surface area contributed by atoms with Gasteiger partial charge < -0.3 is 9.51 Å². The Morgan fingerprint density at radius 3 is 2.83 bits per heavy atom. The van der Waals surface area contributed by atoms with Gasteiger partial charge in [-0.15, -0.1) is 0 Å². The quantitative estimate of drug-likeness (QED) is 0.898. The van der Waals surface area contributed by atoms with Gasteiger partial charge >= 0.3 is 0 Å². The van der Waals surface area contributed by atoms with Crippen molar-refractivity contribution in [3.05, 3.63) is 45.0 Å². The average Bonchev–Trinajstić information content (AvgIpc) is 2.66. The Labute approximate surface area is 105 Å². The smallest absolute Gasteiger partial charge is 0.251 e. The molecule has 1 N–H and O–H groups in total. The lowest BCUT2D eigenvalue weighted by Crippen LogP contribution is -2.08. The van der Waals surface area contributed by atoms with E-state index in [1.165, 1.54) is 6.07 Å². The van der Waals surface area contributed by atoms with Crippen molar-refractivity contribution >= 4 is 12.2 Å². The summed E-state index contributed by atoms with van der Waals surface area (Å²) in [5.74, 6) is 1.36. The van der Waals surface area contributed by atoms with Crippen LogP contribution in [0.1, 0.15) is 35.5 Å². The van der Waals surface area contributed by atoms with Crippen LogP contribution in [0, 0.1) is 13.8 Å². The molecule has 0 fully saturated rings. The van der Waals surface area contributed by atoms with E-state index < -0.39 is 0 Å². The van der Waals surface area contributed by atoms with Crippen LogP contribution < -0.4 is 5.56 Å². The molecule has 2 heterocycles. The van der Waals surface area contributed by atoms with E-state index in [9.17, 15) is 4.79 Å². The third kappa shape index (κ3) is 2.56. The number of nitrogens with one attached hydrogen (secondary N) is 1. The van der Waals surface area contributed by atoms with E-state index in [-0.39, 0.29) is 5.56 Å². The maximum atomic E-state index is 11.3. The second-order valence-electron chi connectivity index (χ2n) is 4.06. The highest BCUT2D eigenvalue weighted by atomic mass is 16.5. The first-order valence-electron chi connectivity index (χ1n) is 5.81. The summed E-state index contributed by atoms with van der Waals surface area (Å²) in [5, 5.41) is 3.92. The summed E-state index contributed by atoms with van der Waals surface area (Å²) in [7, 11) is 0. The Bertz CT molecular complexity index is 638. The molecule has 0 spiro atoms. The number of aromatic amines is 1. The molecule has 2 aromatic rings. The fraction of sp³-hybridized carbons (Fsp3) is 0.308. The molecule has 0 aromatic carbocycles. The Morgan fingerprint density at radius 1 is 1.39 bits per heavy atom. The molecule has 5 nitrogen and oxygen atoms in total. The van der Waals surface area contributed by atoms with E-state index in [4.69, 9.17) is 4.52 Å². The maximum absolute atomic E-state index is 11.3. The molecular formula is C13H15N3O2. The molecule has 0 saturated carbocycles. The van der Waals surface area contributed by atoms with Crippen molar-refractivity contribution in [3.8, 4) is 0 Å². The van der Waals surface area contributed by atoms with E-state index in [1.807, 2.05) is 19.9 Å². The molecule has 2 rings (SSSR count). The molecule has 0 aliphatic heterocycles. The van der Waals surface area contributed by atoms with Gasteiger partial charge in [0.05, 0.1) is 5.69 Å². The molecule has 5 heteroatoms. The molecule has 0 bridgehead atoms. The number of nitrogens with zero attached hydrogens (tertiary/aromatic N) is 2. The van der Waals surface area contributed by atoms with Crippen molar-refractivity contribution in [3.63, 3.8) is 0 Å². The summed E-state index contributed by atoms with van der Waals surface area (Å²) in [6.45, 7) is 5.67. The van der Waals surface area contributed by atoms with E-state index in [0.717, 1.165) is 23.4 Å². The summed E-state index contributed by atoms with van der Waals surface area (Å²) in [5.41, 5.74) is 2.32. The minimum atomic E-state index is -0.153. The zero-order valence-corrected chi connectivity index (χ0v) is 10.7. The van der Waals surface area contributed by atoms with Crippen LogP contribution in [-0.2, 0) is 6.42 Å². The number of aryl methyl sites for hydroxylation is 3. The number of hydrogen-bond donors (Lipinski definition) is 1. The summed E-state index contributed by atoms with van der Waals surface area (Å²) in [6.07, 6.45) is 4.40. The second kappa shape index (κ2) is 5.00. The minimum Gasteiger partial charge on any atom is -0.361 e. The number of hydrogen-bond acceptors (Lipinski definition) is 4. The van der Waals surface area contributed by atoms with Gasteiger partial charge in [-0.1, -0.05) is 12.1 Å². The lowest BCUT2D eigenvalue weighted by Gasteiger charge is -1.96. The zero-order chi connectivity index (χ0) is 13.1. The highest BCUT2D eigenvalue weighted by molar-refractivity contribution is 5.68. The van der Waals surface area contributed by atoms with Gasteiger partial charge in [0.15, 0.2) is 0 Å². The van der Waals surface area contributed by atoms with Crippen molar-refractivity contribution in [2.45, 2.75) is 27.2 Å². The third-order valence-electron chi connectivity index (χ3n) is 2.60. The first kappa shape index (κ1) is 12.3. The molecule has 0 amide bonds. The second-order valence-corrected chi connectivity index (χ2v) is 4.06. The Morgan fingerprint density at radius 2 is 2.17 bits per heavy atom. The standard InChI is InChI=1S/C13H15N3O2/c1-4-11-10(9(3)16-18-11)5-6-12-14-8(2)7-13(17)15-12/h5-7H,4H2,1-3H3,(H,14,15,17)/b6-5+. The summed E-state index contributed by atoms with van der Waals surface area (Å²) in [6, 6.07) is 1.46. The van der Waals surface area contributed by atoms with Gasteiger partial charge in [-0.2, -0.15) is 0 Å². The Kier molecular flexibility index (Phi) is 3.41. The van der Waals surface area contributed by atoms with E-state index >= 15 is 0 Å². The Balaban J connectivity index is 2.35.